The second kappa shape index (κ2) is 22.7. The molecule has 0 saturated carbocycles. The van der Waals surface area contributed by atoms with Crippen LogP contribution in [-0.2, 0) is 4.79 Å². The Bertz CT molecular complexity index is 317. The molecule has 3 nitrogen and oxygen atoms in total. The van der Waals surface area contributed by atoms with Crippen LogP contribution >= 0.6 is 0 Å². The number of unbranched alkanes of at least 4 members (excludes halogenated alkanes) is 17. The summed E-state index contributed by atoms with van der Waals surface area (Å²) in [6.45, 7) is 2.28. The first-order chi connectivity index (χ1) is 13.7. The first-order valence-electron chi connectivity index (χ1n) is 12.6. The van der Waals surface area contributed by atoms with Crippen LogP contribution in [0.25, 0.3) is 0 Å². The van der Waals surface area contributed by atoms with Crippen LogP contribution in [-0.4, -0.2) is 22.3 Å². The molecule has 0 rings (SSSR count). The van der Waals surface area contributed by atoms with E-state index < -0.39 is 5.97 Å². The number of hydrogen-bond acceptors (Lipinski definition) is 2. The van der Waals surface area contributed by atoms with Gasteiger partial charge < -0.3 is 10.2 Å². The molecule has 0 bridgehead atoms. The number of carbonyl (C=O) groups is 1. The van der Waals surface area contributed by atoms with Crippen LogP contribution in [0.5, 0.6) is 0 Å². The summed E-state index contributed by atoms with van der Waals surface area (Å²) in [5, 5.41) is 18.5. The minimum Gasteiger partial charge on any atom is -0.481 e. The summed E-state index contributed by atoms with van der Waals surface area (Å²) < 4.78 is 0. The Balaban J connectivity index is 3.10. The molecule has 0 aliphatic rings. The topological polar surface area (TPSA) is 57.5 Å². The van der Waals surface area contributed by atoms with Gasteiger partial charge in [-0.1, -0.05) is 122 Å². The number of carboxylic acids is 1. The van der Waals surface area contributed by atoms with Gasteiger partial charge in [-0.25, -0.2) is 0 Å². The summed E-state index contributed by atoms with van der Waals surface area (Å²) in [7, 11) is 0. The molecular formula is C25H50O3. The number of aliphatic carboxylic acids is 1. The van der Waals surface area contributed by atoms with Gasteiger partial charge in [0.25, 0.3) is 0 Å². The number of rotatable bonds is 23. The number of aliphatic hydroxyl groups excluding tert-OH is 1. The van der Waals surface area contributed by atoms with E-state index in [0.29, 0.717) is 6.42 Å². The van der Waals surface area contributed by atoms with E-state index in [9.17, 15) is 9.90 Å². The SMILES string of the molecule is CCCCCCCCCCCCCCCCCCCC(O)CCCCC(=O)O. The predicted octanol–water partition coefficient (Wildman–Crippen LogP) is 8.03. The highest BCUT2D eigenvalue weighted by Crippen LogP contribution is 2.15. The van der Waals surface area contributed by atoms with Gasteiger partial charge in [0.1, 0.15) is 0 Å². The molecule has 0 aromatic carbocycles. The summed E-state index contributed by atoms with van der Waals surface area (Å²) in [6.07, 6.45) is 26.6. The Morgan fingerprint density at radius 1 is 0.571 bits per heavy atom. The molecule has 2 N–H and O–H groups in total. The molecule has 3 heteroatoms. The molecule has 168 valence electrons. The highest BCUT2D eigenvalue weighted by atomic mass is 16.4. The van der Waals surface area contributed by atoms with Gasteiger partial charge in [0.05, 0.1) is 6.10 Å². The molecule has 0 heterocycles. The van der Waals surface area contributed by atoms with Gasteiger partial charge in [-0.3, -0.25) is 4.79 Å². The first-order valence-corrected chi connectivity index (χ1v) is 12.6. The fraction of sp³-hybridized carbons (Fsp3) is 0.960. The molecule has 1 atom stereocenters. The summed E-state index contributed by atoms with van der Waals surface area (Å²) in [4.78, 5) is 10.4. The molecule has 0 amide bonds. The lowest BCUT2D eigenvalue weighted by Gasteiger charge is -2.09. The number of carboxylic acid groups (broad SMARTS) is 1. The molecule has 0 aliphatic carbocycles. The Kier molecular flexibility index (Phi) is 22.3. The van der Waals surface area contributed by atoms with Crippen LogP contribution in [0.3, 0.4) is 0 Å². The summed E-state index contributed by atoms with van der Waals surface area (Å²) in [5.41, 5.74) is 0. The third-order valence-corrected chi connectivity index (χ3v) is 5.82. The average Bonchev–Trinajstić information content (AvgIpc) is 2.67. The van der Waals surface area contributed by atoms with E-state index in [1.54, 1.807) is 0 Å². The van der Waals surface area contributed by atoms with Crippen LogP contribution in [0, 0.1) is 0 Å². The Morgan fingerprint density at radius 3 is 1.25 bits per heavy atom. The zero-order chi connectivity index (χ0) is 20.7. The van der Waals surface area contributed by atoms with Gasteiger partial charge in [0.2, 0.25) is 0 Å². The van der Waals surface area contributed by atoms with Crippen molar-refractivity contribution in [2.45, 2.75) is 154 Å². The van der Waals surface area contributed by atoms with E-state index in [1.165, 1.54) is 103 Å². The van der Waals surface area contributed by atoms with Crippen LogP contribution in [0.15, 0.2) is 0 Å². The first kappa shape index (κ1) is 27.4. The fourth-order valence-electron chi connectivity index (χ4n) is 3.91. The number of aliphatic hydroxyl groups is 1. The zero-order valence-electron chi connectivity index (χ0n) is 18.9. The largest absolute Gasteiger partial charge is 0.481 e. The molecule has 0 fully saturated rings. The molecule has 0 aliphatic heterocycles. The third-order valence-electron chi connectivity index (χ3n) is 5.82. The Hall–Kier alpha value is -0.570. The lowest BCUT2D eigenvalue weighted by Crippen LogP contribution is -2.06. The molecule has 0 radical (unpaired) electrons. The van der Waals surface area contributed by atoms with Crippen LogP contribution in [0.2, 0.25) is 0 Å². The Labute approximate surface area is 175 Å². The second-order valence-corrected chi connectivity index (χ2v) is 8.74. The lowest BCUT2D eigenvalue weighted by molar-refractivity contribution is -0.137. The van der Waals surface area contributed by atoms with Crippen LogP contribution in [0.4, 0.5) is 0 Å². The maximum absolute atomic E-state index is 10.4. The maximum Gasteiger partial charge on any atom is 0.303 e. The minimum absolute atomic E-state index is 0.228. The van der Waals surface area contributed by atoms with Gasteiger partial charge in [0.15, 0.2) is 0 Å². The normalized spacial score (nSPS) is 12.4. The molecular weight excluding hydrogens is 348 g/mol. The fourth-order valence-corrected chi connectivity index (χ4v) is 3.91. The Morgan fingerprint density at radius 2 is 0.893 bits per heavy atom. The third kappa shape index (κ3) is 23.5. The summed E-state index contributed by atoms with van der Waals surface area (Å²) >= 11 is 0. The van der Waals surface area contributed by atoms with E-state index in [0.717, 1.165) is 25.7 Å². The quantitative estimate of drug-likeness (QED) is 0.171. The second-order valence-electron chi connectivity index (χ2n) is 8.74. The summed E-state index contributed by atoms with van der Waals surface area (Å²) in [5.74, 6) is -0.734. The molecule has 1 unspecified atom stereocenters. The maximum atomic E-state index is 10.4. The van der Waals surface area contributed by atoms with Gasteiger partial charge in [0, 0.05) is 6.42 Å². The van der Waals surface area contributed by atoms with Gasteiger partial charge >= 0.3 is 5.97 Å². The van der Waals surface area contributed by atoms with Crippen molar-refractivity contribution in [1.29, 1.82) is 0 Å². The van der Waals surface area contributed by atoms with E-state index in [2.05, 4.69) is 6.92 Å². The monoisotopic (exact) mass is 398 g/mol. The van der Waals surface area contributed by atoms with E-state index in [-0.39, 0.29) is 12.5 Å². The zero-order valence-corrected chi connectivity index (χ0v) is 18.9. The van der Waals surface area contributed by atoms with Crippen molar-refractivity contribution in [2.75, 3.05) is 0 Å². The molecule has 0 saturated heterocycles. The van der Waals surface area contributed by atoms with E-state index in [4.69, 9.17) is 5.11 Å². The van der Waals surface area contributed by atoms with Crippen molar-refractivity contribution in [2.24, 2.45) is 0 Å². The highest BCUT2D eigenvalue weighted by molar-refractivity contribution is 5.66. The molecule has 0 aromatic heterocycles. The molecule has 0 aromatic rings. The van der Waals surface area contributed by atoms with Crippen molar-refractivity contribution in [3.63, 3.8) is 0 Å². The van der Waals surface area contributed by atoms with Gasteiger partial charge in [-0.2, -0.15) is 0 Å². The minimum atomic E-state index is -0.734. The van der Waals surface area contributed by atoms with Gasteiger partial charge in [-0.05, 0) is 19.3 Å². The highest BCUT2D eigenvalue weighted by Gasteiger charge is 2.05. The van der Waals surface area contributed by atoms with Crippen LogP contribution in [0.1, 0.15) is 148 Å². The molecule has 28 heavy (non-hydrogen) atoms. The predicted molar refractivity (Wildman–Crippen MR) is 121 cm³/mol. The van der Waals surface area contributed by atoms with Crippen molar-refractivity contribution in [1.82, 2.24) is 0 Å². The average molecular weight is 399 g/mol. The standard InChI is InChI=1S/C25H50O3/c1-2-3-4-5-6-7-8-9-10-11-12-13-14-15-16-17-18-21-24(26)22-19-20-23-25(27)28/h24,26H,2-23H2,1H3,(H,27,28). The van der Waals surface area contributed by atoms with Crippen molar-refractivity contribution < 1.29 is 15.0 Å². The van der Waals surface area contributed by atoms with Crippen molar-refractivity contribution >= 4 is 5.97 Å². The van der Waals surface area contributed by atoms with E-state index >= 15 is 0 Å². The lowest BCUT2D eigenvalue weighted by atomic mass is 10.0. The van der Waals surface area contributed by atoms with Crippen molar-refractivity contribution in [3.8, 4) is 0 Å². The van der Waals surface area contributed by atoms with Gasteiger partial charge in [-0.15, -0.1) is 0 Å². The smallest absolute Gasteiger partial charge is 0.303 e. The van der Waals surface area contributed by atoms with E-state index in [1.807, 2.05) is 0 Å². The van der Waals surface area contributed by atoms with Crippen LogP contribution < -0.4 is 0 Å². The summed E-state index contributed by atoms with van der Waals surface area (Å²) in [6, 6.07) is 0. The molecule has 0 spiro atoms. The van der Waals surface area contributed by atoms with Crippen molar-refractivity contribution in [3.05, 3.63) is 0 Å². The number of hydrogen-bond donors (Lipinski definition) is 2.